The minimum Gasteiger partial charge on any atom is -0.377 e. The number of carbonyl (C=O) groups excluding carboxylic acids is 1. The number of rotatable bonds is 2. The van der Waals surface area contributed by atoms with Crippen LogP contribution in [0.15, 0.2) is 18.5 Å². The normalized spacial score (nSPS) is 19.4. The summed E-state index contributed by atoms with van der Waals surface area (Å²) in [5.74, 6) is 0.0116. The molecule has 0 N–H and O–H groups in total. The number of carbonyl (C=O) groups is 1. The molecule has 3 heterocycles. The van der Waals surface area contributed by atoms with Crippen LogP contribution in [-0.4, -0.2) is 51.4 Å². The van der Waals surface area contributed by atoms with E-state index in [0.717, 1.165) is 11.0 Å². The Balaban J connectivity index is 1.92. The van der Waals surface area contributed by atoms with Gasteiger partial charge in [-0.3, -0.25) is 4.79 Å². The van der Waals surface area contributed by atoms with E-state index in [9.17, 15) is 4.79 Å². The first kappa shape index (κ1) is 14.0. The van der Waals surface area contributed by atoms with Gasteiger partial charge in [-0.2, -0.15) is 5.10 Å². The number of fused-ring (bicyclic) bond motifs is 1. The van der Waals surface area contributed by atoms with E-state index in [-0.39, 0.29) is 18.0 Å². The number of aromatic nitrogens is 3. The monoisotopic (exact) mass is 288 g/mol. The van der Waals surface area contributed by atoms with Crippen LogP contribution < -0.4 is 0 Å². The van der Waals surface area contributed by atoms with Crippen molar-refractivity contribution in [3.05, 3.63) is 24.0 Å². The zero-order valence-electron chi connectivity index (χ0n) is 12.6. The number of nitrogens with zero attached hydrogens (tertiary/aromatic N) is 4. The number of hydrogen-bond donors (Lipinski definition) is 0. The Morgan fingerprint density at radius 3 is 2.95 bits per heavy atom. The third kappa shape index (κ3) is 2.51. The van der Waals surface area contributed by atoms with Crippen LogP contribution in [0.2, 0.25) is 0 Å². The summed E-state index contributed by atoms with van der Waals surface area (Å²) < 4.78 is 7.24. The number of ether oxygens (including phenoxy) is 1. The summed E-state index contributed by atoms with van der Waals surface area (Å²) >= 11 is 0. The quantitative estimate of drug-likeness (QED) is 0.846. The minimum absolute atomic E-state index is 0.0116. The Labute approximate surface area is 123 Å². The first-order chi connectivity index (χ1) is 10.1. The lowest BCUT2D eigenvalue weighted by atomic mass is 10.1. The third-order valence-corrected chi connectivity index (χ3v) is 3.80. The van der Waals surface area contributed by atoms with Gasteiger partial charge in [0.15, 0.2) is 5.65 Å². The van der Waals surface area contributed by atoms with E-state index in [0.29, 0.717) is 25.3 Å². The van der Waals surface area contributed by atoms with Crippen LogP contribution >= 0.6 is 0 Å². The molecule has 2 aromatic heterocycles. The number of morpholine rings is 1. The molecule has 0 spiro atoms. The number of amides is 1. The van der Waals surface area contributed by atoms with E-state index < -0.39 is 0 Å². The second-order valence-electron chi connectivity index (χ2n) is 5.74. The summed E-state index contributed by atoms with van der Waals surface area (Å²) in [5, 5.41) is 5.23. The standard InChI is InChI=1S/C15H20N4O2/c1-10(2)19-14-12(8-17-19)6-13(7-16-14)15(20)18-4-5-21-9-11(18)3/h6-8,10-11H,4-5,9H2,1-3H3/t11-/m1/s1. The zero-order valence-corrected chi connectivity index (χ0v) is 12.6. The molecule has 0 aromatic carbocycles. The van der Waals surface area contributed by atoms with Gasteiger partial charge in [0.25, 0.3) is 5.91 Å². The minimum atomic E-state index is 0.0116. The first-order valence-electron chi connectivity index (χ1n) is 7.30. The van der Waals surface area contributed by atoms with Gasteiger partial charge < -0.3 is 9.64 Å². The molecule has 3 rings (SSSR count). The van der Waals surface area contributed by atoms with Crippen molar-refractivity contribution in [2.24, 2.45) is 0 Å². The van der Waals surface area contributed by atoms with Crippen molar-refractivity contribution in [2.75, 3.05) is 19.8 Å². The van der Waals surface area contributed by atoms with Crippen molar-refractivity contribution in [3.8, 4) is 0 Å². The van der Waals surface area contributed by atoms with Gasteiger partial charge in [0.2, 0.25) is 0 Å². The largest absolute Gasteiger partial charge is 0.377 e. The predicted octanol–water partition coefficient (Wildman–Crippen LogP) is 1.87. The van der Waals surface area contributed by atoms with Gasteiger partial charge in [-0.15, -0.1) is 0 Å². The van der Waals surface area contributed by atoms with Crippen LogP contribution in [0.25, 0.3) is 11.0 Å². The van der Waals surface area contributed by atoms with Crippen molar-refractivity contribution < 1.29 is 9.53 Å². The van der Waals surface area contributed by atoms with Gasteiger partial charge in [0.1, 0.15) is 0 Å². The summed E-state index contributed by atoms with van der Waals surface area (Å²) in [5.41, 5.74) is 1.43. The average Bonchev–Trinajstić information content (AvgIpc) is 2.90. The Bertz CT molecular complexity index is 665. The van der Waals surface area contributed by atoms with Gasteiger partial charge in [-0.05, 0) is 26.8 Å². The highest BCUT2D eigenvalue weighted by Crippen LogP contribution is 2.19. The van der Waals surface area contributed by atoms with Crippen LogP contribution in [-0.2, 0) is 4.74 Å². The molecule has 6 heteroatoms. The van der Waals surface area contributed by atoms with Crippen LogP contribution in [0.3, 0.4) is 0 Å². The molecular formula is C15H20N4O2. The molecule has 1 amide bonds. The second kappa shape index (κ2) is 5.44. The topological polar surface area (TPSA) is 60.2 Å². The average molecular weight is 288 g/mol. The number of hydrogen-bond acceptors (Lipinski definition) is 4. The Hall–Kier alpha value is -1.95. The summed E-state index contributed by atoms with van der Waals surface area (Å²) in [6, 6.07) is 2.22. The molecule has 112 valence electrons. The van der Waals surface area contributed by atoms with Crippen molar-refractivity contribution in [2.45, 2.75) is 32.9 Å². The summed E-state index contributed by atoms with van der Waals surface area (Å²) in [6.45, 7) is 7.93. The highest BCUT2D eigenvalue weighted by Gasteiger charge is 2.25. The maximum absolute atomic E-state index is 12.6. The molecule has 6 nitrogen and oxygen atoms in total. The van der Waals surface area contributed by atoms with Crippen molar-refractivity contribution in [1.82, 2.24) is 19.7 Å². The fourth-order valence-electron chi connectivity index (χ4n) is 2.63. The molecule has 1 aliphatic rings. The van der Waals surface area contributed by atoms with Crippen LogP contribution in [0.5, 0.6) is 0 Å². The van der Waals surface area contributed by atoms with Crippen molar-refractivity contribution in [1.29, 1.82) is 0 Å². The molecule has 0 saturated carbocycles. The van der Waals surface area contributed by atoms with Crippen LogP contribution in [0, 0.1) is 0 Å². The van der Waals surface area contributed by atoms with E-state index in [1.807, 2.05) is 22.6 Å². The van der Waals surface area contributed by atoms with E-state index in [2.05, 4.69) is 23.9 Å². The molecule has 21 heavy (non-hydrogen) atoms. The first-order valence-corrected chi connectivity index (χ1v) is 7.30. The molecule has 0 aliphatic carbocycles. The highest BCUT2D eigenvalue weighted by molar-refractivity contribution is 5.97. The Kier molecular flexibility index (Phi) is 3.63. The maximum Gasteiger partial charge on any atom is 0.255 e. The highest BCUT2D eigenvalue weighted by atomic mass is 16.5. The van der Waals surface area contributed by atoms with E-state index >= 15 is 0 Å². The van der Waals surface area contributed by atoms with Crippen LogP contribution in [0.1, 0.15) is 37.2 Å². The summed E-state index contributed by atoms with van der Waals surface area (Å²) in [7, 11) is 0. The van der Waals surface area contributed by atoms with Crippen molar-refractivity contribution in [3.63, 3.8) is 0 Å². The zero-order chi connectivity index (χ0) is 15.0. The molecular weight excluding hydrogens is 268 g/mol. The van der Waals surface area contributed by atoms with Gasteiger partial charge >= 0.3 is 0 Å². The SMILES string of the molecule is CC(C)n1ncc2cc(C(=O)N3CCOC[C@H]3C)cnc21. The summed E-state index contributed by atoms with van der Waals surface area (Å²) in [6.07, 6.45) is 3.41. The lowest BCUT2D eigenvalue weighted by Gasteiger charge is -2.33. The van der Waals surface area contributed by atoms with Crippen molar-refractivity contribution >= 4 is 16.9 Å². The second-order valence-corrected chi connectivity index (χ2v) is 5.74. The fourth-order valence-corrected chi connectivity index (χ4v) is 2.63. The van der Waals surface area contributed by atoms with Gasteiger partial charge in [0.05, 0.1) is 31.0 Å². The van der Waals surface area contributed by atoms with Gasteiger partial charge in [-0.1, -0.05) is 0 Å². The molecule has 1 saturated heterocycles. The molecule has 1 atom stereocenters. The molecule has 1 aliphatic heterocycles. The van der Waals surface area contributed by atoms with E-state index in [4.69, 9.17) is 4.74 Å². The van der Waals surface area contributed by atoms with Gasteiger partial charge in [0, 0.05) is 24.2 Å². The lowest BCUT2D eigenvalue weighted by Crippen LogP contribution is -2.47. The Morgan fingerprint density at radius 1 is 1.43 bits per heavy atom. The third-order valence-electron chi connectivity index (χ3n) is 3.80. The molecule has 0 unspecified atom stereocenters. The fraction of sp³-hybridized carbons (Fsp3) is 0.533. The summed E-state index contributed by atoms with van der Waals surface area (Å²) in [4.78, 5) is 18.9. The predicted molar refractivity (Wildman–Crippen MR) is 79.2 cm³/mol. The molecule has 0 bridgehead atoms. The molecule has 0 radical (unpaired) electrons. The molecule has 1 fully saturated rings. The maximum atomic E-state index is 12.6. The lowest BCUT2D eigenvalue weighted by molar-refractivity contribution is 0.00358. The van der Waals surface area contributed by atoms with E-state index in [1.165, 1.54) is 0 Å². The molecule has 2 aromatic rings. The number of pyridine rings is 1. The van der Waals surface area contributed by atoms with E-state index in [1.54, 1.807) is 12.4 Å². The smallest absolute Gasteiger partial charge is 0.255 e. The van der Waals surface area contributed by atoms with Gasteiger partial charge in [-0.25, -0.2) is 9.67 Å². The Morgan fingerprint density at radius 2 is 2.24 bits per heavy atom. The van der Waals surface area contributed by atoms with Crippen LogP contribution in [0.4, 0.5) is 0 Å².